The van der Waals surface area contributed by atoms with Crippen LogP contribution in [-0.2, 0) is 6.42 Å². The first-order chi connectivity index (χ1) is 12.0. The van der Waals surface area contributed by atoms with Crippen LogP contribution in [0.2, 0.25) is 0 Å². The second-order valence-electron chi connectivity index (χ2n) is 7.34. The lowest BCUT2D eigenvalue weighted by Gasteiger charge is -2.31. The molecule has 0 unspecified atom stereocenters. The molecule has 25 heavy (non-hydrogen) atoms. The van der Waals surface area contributed by atoms with Crippen molar-refractivity contribution in [3.8, 4) is 28.7 Å². The Balaban J connectivity index is 1.92. The Kier molecular flexibility index (Phi) is 3.75. The molecule has 126 valence electrons. The van der Waals surface area contributed by atoms with Gasteiger partial charge in [-0.25, -0.2) is 9.97 Å². The van der Waals surface area contributed by atoms with Gasteiger partial charge in [-0.2, -0.15) is 4.98 Å². The molecule has 0 saturated heterocycles. The predicted octanol–water partition coefficient (Wildman–Crippen LogP) is 4.48. The summed E-state index contributed by atoms with van der Waals surface area (Å²) in [5.41, 5.74) is 4.89. The minimum Gasteiger partial charge on any atom is -0.477 e. The van der Waals surface area contributed by atoms with Crippen LogP contribution in [0.3, 0.4) is 0 Å². The van der Waals surface area contributed by atoms with Crippen LogP contribution in [0.1, 0.15) is 25.1 Å². The summed E-state index contributed by atoms with van der Waals surface area (Å²) >= 11 is 0. The number of ether oxygens (including phenoxy) is 1. The highest BCUT2D eigenvalue weighted by Gasteiger charge is 2.31. The fourth-order valence-corrected chi connectivity index (χ4v) is 3.15. The fourth-order valence-electron chi connectivity index (χ4n) is 3.15. The van der Waals surface area contributed by atoms with Gasteiger partial charge in [0, 0.05) is 22.2 Å². The Morgan fingerprint density at radius 3 is 2.48 bits per heavy atom. The molecule has 0 atom stereocenters. The topological polar surface area (TPSA) is 47.9 Å². The molecule has 2 aromatic heterocycles. The molecule has 3 heterocycles. The normalized spacial score (nSPS) is 15.3. The summed E-state index contributed by atoms with van der Waals surface area (Å²) in [4.78, 5) is 14.1. The van der Waals surface area contributed by atoms with Gasteiger partial charge in [0.2, 0.25) is 5.88 Å². The van der Waals surface area contributed by atoms with Gasteiger partial charge in [0.15, 0.2) is 5.82 Å². The van der Waals surface area contributed by atoms with E-state index in [2.05, 4.69) is 35.9 Å². The SMILES string of the molecule is Cc1cccc(-c2nc3c(c(-c4ccccc4)n2)CC(C)(C)CO3)n1. The molecular weight excluding hydrogens is 310 g/mol. The number of hydrogen-bond donors (Lipinski definition) is 0. The van der Waals surface area contributed by atoms with E-state index in [-0.39, 0.29) is 5.41 Å². The second-order valence-corrected chi connectivity index (χ2v) is 7.34. The lowest BCUT2D eigenvalue weighted by molar-refractivity contribution is 0.148. The van der Waals surface area contributed by atoms with Gasteiger partial charge in [-0.3, -0.25) is 0 Å². The van der Waals surface area contributed by atoms with Gasteiger partial charge in [-0.15, -0.1) is 0 Å². The third-order valence-electron chi connectivity index (χ3n) is 4.39. The van der Waals surface area contributed by atoms with Crippen molar-refractivity contribution in [1.29, 1.82) is 0 Å². The maximum atomic E-state index is 6.01. The van der Waals surface area contributed by atoms with E-state index in [9.17, 15) is 0 Å². The number of aromatic nitrogens is 3. The summed E-state index contributed by atoms with van der Waals surface area (Å²) in [5.74, 6) is 1.30. The van der Waals surface area contributed by atoms with E-state index in [1.165, 1.54) is 0 Å². The molecule has 3 aromatic rings. The average molecular weight is 331 g/mol. The molecule has 1 aliphatic rings. The maximum Gasteiger partial charge on any atom is 0.220 e. The van der Waals surface area contributed by atoms with Crippen molar-refractivity contribution in [3.05, 3.63) is 59.8 Å². The molecule has 0 spiro atoms. The molecule has 0 amide bonds. The van der Waals surface area contributed by atoms with Gasteiger partial charge in [0.05, 0.1) is 12.3 Å². The number of pyridine rings is 1. The molecule has 4 rings (SSSR count). The minimum absolute atomic E-state index is 0.0724. The first-order valence-corrected chi connectivity index (χ1v) is 8.55. The molecule has 4 heteroatoms. The summed E-state index contributed by atoms with van der Waals surface area (Å²) in [5, 5.41) is 0. The zero-order valence-corrected chi connectivity index (χ0v) is 14.8. The van der Waals surface area contributed by atoms with Crippen molar-refractivity contribution in [1.82, 2.24) is 15.0 Å². The van der Waals surface area contributed by atoms with E-state index < -0.39 is 0 Å². The van der Waals surface area contributed by atoms with Crippen molar-refractivity contribution in [3.63, 3.8) is 0 Å². The van der Waals surface area contributed by atoms with Crippen LogP contribution >= 0.6 is 0 Å². The molecule has 0 saturated carbocycles. The second kappa shape index (κ2) is 5.96. The van der Waals surface area contributed by atoms with E-state index in [0.29, 0.717) is 18.3 Å². The van der Waals surface area contributed by atoms with Gasteiger partial charge in [-0.05, 0) is 25.5 Å². The van der Waals surface area contributed by atoms with E-state index >= 15 is 0 Å². The third kappa shape index (κ3) is 3.12. The lowest BCUT2D eigenvalue weighted by atomic mass is 9.84. The zero-order chi connectivity index (χ0) is 17.4. The van der Waals surface area contributed by atoms with Crippen molar-refractivity contribution in [2.75, 3.05) is 6.61 Å². The zero-order valence-electron chi connectivity index (χ0n) is 14.8. The minimum atomic E-state index is 0.0724. The van der Waals surface area contributed by atoms with Gasteiger partial charge in [-0.1, -0.05) is 50.2 Å². The van der Waals surface area contributed by atoms with Crippen molar-refractivity contribution >= 4 is 0 Å². The van der Waals surface area contributed by atoms with Crippen molar-refractivity contribution in [2.24, 2.45) is 5.41 Å². The molecule has 0 aliphatic carbocycles. The highest BCUT2D eigenvalue weighted by Crippen LogP contribution is 2.39. The van der Waals surface area contributed by atoms with Crippen LogP contribution in [0.15, 0.2) is 48.5 Å². The lowest BCUT2D eigenvalue weighted by Crippen LogP contribution is -2.30. The van der Waals surface area contributed by atoms with Crippen LogP contribution in [0.5, 0.6) is 5.88 Å². The number of hydrogen-bond acceptors (Lipinski definition) is 4. The van der Waals surface area contributed by atoms with Crippen molar-refractivity contribution < 1.29 is 4.74 Å². The molecule has 1 aliphatic heterocycles. The van der Waals surface area contributed by atoms with E-state index in [0.717, 1.165) is 34.6 Å². The van der Waals surface area contributed by atoms with E-state index in [4.69, 9.17) is 9.72 Å². The Hall–Kier alpha value is -2.75. The third-order valence-corrected chi connectivity index (χ3v) is 4.39. The van der Waals surface area contributed by atoms with Gasteiger partial charge >= 0.3 is 0 Å². The quantitative estimate of drug-likeness (QED) is 0.695. The van der Waals surface area contributed by atoms with Crippen LogP contribution < -0.4 is 4.74 Å². The molecule has 0 radical (unpaired) electrons. The van der Waals surface area contributed by atoms with Gasteiger partial charge in [0.1, 0.15) is 5.69 Å². The Morgan fingerprint density at radius 1 is 0.920 bits per heavy atom. The molecule has 0 bridgehead atoms. The van der Waals surface area contributed by atoms with E-state index in [1.54, 1.807) is 0 Å². The Bertz CT molecular complexity index is 920. The predicted molar refractivity (Wildman–Crippen MR) is 98.4 cm³/mol. The summed E-state index contributed by atoms with van der Waals surface area (Å²) < 4.78 is 6.01. The summed E-state index contributed by atoms with van der Waals surface area (Å²) in [6, 6.07) is 16.1. The number of nitrogens with zero attached hydrogens (tertiary/aromatic N) is 3. The standard InChI is InChI=1S/C21H21N3O/c1-14-8-7-11-17(22-14)19-23-18(15-9-5-4-6-10-15)16-12-21(2,3)13-25-20(16)24-19/h4-11H,12-13H2,1-3H3. The maximum absolute atomic E-state index is 6.01. The molecule has 0 fully saturated rings. The highest BCUT2D eigenvalue weighted by atomic mass is 16.5. The number of rotatable bonds is 2. The molecule has 1 aromatic carbocycles. The molecule has 4 nitrogen and oxygen atoms in total. The van der Waals surface area contributed by atoms with Crippen molar-refractivity contribution in [2.45, 2.75) is 27.2 Å². The number of benzene rings is 1. The molecule has 0 N–H and O–H groups in total. The first-order valence-electron chi connectivity index (χ1n) is 8.55. The number of aryl methyl sites for hydroxylation is 1. The largest absolute Gasteiger partial charge is 0.477 e. The van der Waals surface area contributed by atoms with Crippen LogP contribution in [-0.4, -0.2) is 21.6 Å². The van der Waals surface area contributed by atoms with Gasteiger partial charge in [0.25, 0.3) is 0 Å². The molecular formula is C21H21N3O. The average Bonchev–Trinajstić information content (AvgIpc) is 2.61. The smallest absolute Gasteiger partial charge is 0.220 e. The van der Waals surface area contributed by atoms with Crippen LogP contribution in [0, 0.1) is 12.3 Å². The summed E-state index contributed by atoms with van der Waals surface area (Å²) in [7, 11) is 0. The first kappa shape index (κ1) is 15.8. The Morgan fingerprint density at radius 2 is 1.72 bits per heavy atom. The number of fused-ring (bicyclic) bond motifs is 1. The monoisotopic (exact) mass is 331 g/mol. The Labute approximate surface area is 148 Å². The van der Waals surface area contributed by atoms with Crippen LogP contribution in [0.25, 0.3) is 22.8 Å². The highest BCUT2D eigenvalue weighted by molar-refractivity contribution is 5.68. The summed E-state index contributed by atoms with van der Waals surface area (Å²) in [6.07, 6.45) is 0.897. The summed E-state index contributed by atoms with van der Waals surface area (Å²) in [6.45, 7) is 7.05. The van der Waals surface area contributed by atoms with Gasteiger partial charge < -0.3 is 4.74 Å². The fraction of sp³-hybridized carbons (Fsp3) is 0.286. The van der Waals surface area contributed by atoms with Crippen LogP contribution in [0.4, 0.5) is 0 Å². The van der Waals surface area contributed by atoms with E-state index in [1.807, 2.05) is 43.3 Å².